The van der Waals surface area contributed by atoms with Crippen molar-refractivity contribution in [2.75, 3.05) is 46.3 Å². The van der Waals surface area contributed by atoms with Gasteiger partial charge in [-0.05, 0) is 38.4 Å². The predicted molar refractivity (Wildman–Crippen MR) is 124 cm³/mol. The first-order valence-electron chi connectivity index (χ1n) is 9.59. The van der Waals surface area contributed by atoms with Crippen LogP contribution in [0.25, 0.3) is 21.2 Å². The molecule has 0 aliphatic carbocycles. The van der Waals surface area contributed by atoms with Crippen LogP contribution in [0.4, 0.5) is 5.13 Å². The van der Waals surface area contributed by atoms with E-state index in [2.05, 4.69) is 4.98 Å². The van der Waals surface area contributed by atoms with E-state index in [1.165, 1.54) is 11.3 Å². The molecular weight excluding hydrogens is 438 g/mol. The summed E-state index contributed by atoms with van der Waals surface area (Å²) in [4.78, 5) is 21.8. The van der Waals surface area contributed by atoms with Gasteiger partial charge in [-0.15, -0.1) is 0 Å². The average molecular weight is 460 g/mol. The number of carbonyl (C=O) groups is 1. The summed E-state index contributed by atoms with van der Waals surface area (Å²) in [5.41, 5.74) is 1.17. The number of hydrogen-bond donors (Lipinski definition) is 0. The molecule has 4 rings (SSSR count). The minimum absolute atomic E-state index is 0.218. The third-order valence-corrected chi connectivity index (χ3v) is 6.39. The van der Waals surface area contributed by atoms with Crippen LogP contribution in [0.15, 0.2) is 40.8 Å². The number of para-hydroxylation sites is 1. The molecule has 2 aromatic heterocycles. The first-order chi connectivity index (χ1) is 14.9. The molecule has 0 fully saturated rings. The van der Waals surface area contributed by atoms with Crippen molar-refractivity contribution >= 4 is 55.2 Å². The van der Waals surface area contributed by atoms with Crippen molar-refractivity contribution in [3.8, 4) is 11.5 Å². The van der Waals surface area contributed by atoms with Gasteiger partial charge in [0.2, 0.25) is 0 Å². The fraction of sp³-hybridized carbons (Fsp3) is 0.273. The molecule has 0 atom stereocenters. The standard InChI is InChI=1S/C22H22ClN3O4S/c1-25(2)10-11-26(22-24-18-15(28-3)9-8-14(23)20(18)31-22)21(27)17-12-13-6-5-7-16(29-4)19(13)30-17/h5-9,12H,10-11H2,1-4H3. The monoisotopic (exact) mass is 459 g/mol. The third kappa shape index (κ3) is 4.06. The molecule has 0 bridgehead atoms. The molecule has 1 amide bonds. The summed E-state index contributed by atoms with van der Waals surface area (Å²) in [7, 11) is 7.05. The number of hydrogen-bond acceptors (Lipinski definition) is 7. The van der Waals surface area contributed by atoms with Crippen molar-refractivity contribution in [3.63, 3.8) is 0 Å². The predicted octanol–water partition coefficient (Wildman–Crippen LogP) is 4.92. The van der Waals surface area contributed by atoms with Gasteiger partial charge in [0.15, 0.2) is 22.2 Å². The number of nitrogens with zero attached hydrogens (tertiary/aromatic N) is 3. The Morgan fingerprint density at radius 3 is 2.61 bits per heavy atom. The number of ether oxygens (including phenoxy) is 2. The molecule has 0 saturated carbocycles. The van der Waals surface area contributed by atoms with Crippen LogP contribution < -0.4 is 14.4 Å². The lowest BCUT2D eigenvalue weighted by Gasteiger charge is -2.20. The second-order valence-electron chi connectivity index (χ2n) is 7.17. The number of likely N-dealkylation sites (N-methyl/N-ethyl adjacent to an activating group) is 1. The van der Waals surface area contributed by atoms with E-state index in [4.69, 9.17) is 25.5 Å². The van der Waals surface area contributed by atoms with E-state index in [0.717, 1.165) is 10.1 Å². The Kier molecular flexibility index (Phi) is 6.04. The fourth-order valence-electron chi connectivity index (χ4n) is 3.24. The molecule has 0 N–H and O–H groups in total. The van der Waals surface area contributed by atoms with E-state index in [0.29, 0.717) is 45.8 Å². The number of benzene rings is 2. The topological polar surface area (TPSA) is 68.0 Å². The van der Waals surface area contributed by atoms with Crippen LogP contribution in [0.3, 0.4) is 0 Å². The molecule has 4 aromatic rings. The number of fused-ring (bicyclic) bond motifs is 2. The zero-order valence-electron chi connectivity index (χ0n) is 17.6. The van der Waals surface area contributed by atoms with E-state index in [1.807, 2.05) is 31.1 Å². The van der Waals surface area contributed by atoms with Crippen molar-refractivity contribution in [3.05, 3.63) is 47.2 Å². The van der Waals surface area contributed by atoms with Crippen LogP contribution in [-0.2, 0) is 0 Å². The number of halogens is 1. The molecule has 0 spiro atoms. The molecule has 162 valence electrons. The molecule has 31 heavy (non-hydrogen) atoms. The van der Waals surface area contributed by atoms with Gasteiger partial charge in [-0.2, -0.15) is 0 Å². The molecule has 7 nitrogen and oxygen atoms in total. The number of aromatic nitrogens is 1. The lowest BCUT2D eigenvalue weighted by molar-refractivity contribution is 0.0960. The van der Waals surface area contributed by atoms with Gasteiger partial charge < -0.3 is 18.8 Å². The van der Waals surface area contributed by atoms with Crippen LogP contribution in [0.1, 0.15) is 10.6 Å². The minimum atomic E-state index is -0.283. The van der Waals surface area contributed by atoms with Gasteiger partial charge in [0.05, 0.1) is 23.9 Å². The maximum atomic E-state index is 13.5. The van der Waals surface area contributed by atoms with E-state index in [9.17, 15) is 4.79 Å². The van der Waals surface area contributed by atoms with E-state index in [-0.39, 0.29) is 11.7 Å². The highest BCUT2D eigenvalue weighted by molar-refractivity contribution is 7.23. The van der Waals surface area contributed by atoms with E-state index < -0.39 is 0 Å². The van der Waals surface area contributed by atoms with E-state index in [1.54, 1.807) is 43.4 Å². The number of methoxy groups -OCH3 is 2. The van der Waals surface area contributed by atoms with Gasteiger partial charge in [-0.1, -0.05) is 35.1 Å². The maximum Gasteiger partial charge on any atom is 0.295 e. The number of amides is 1. The first-order valence-corrected chi connectivity index (χ1v) is 10.8. The smallest absolute Gasteiger partial charge is 0.295 e. The highest BCUT2D eigenvalue weighted by Gasteiger charge is 2.26. The molecule has 0 unspecified atom stereocenters. The van der Waals surface area contributed by atoms with Gasteiger partial charge >= 0.3 is 0 Å². The lowest BCUT2D eigenvalue weighted by Crippen LogP contribution is -2.36. The van der Waals surface area contributed by atoms with Crippen LogP contribution in [0, 0.1) is 0 Å². The normalized spacial score (nSPS) is 11.4. The third-order valence-electron chi connectivity index (χ3n) is 4.85. The Bertz CT molecular complexity index is 1250. The molecule has 0 radical (unpaired) electrons. The number of furan rings is 1. The molecule has 0 aliphatic rings. The van der Waals surface area contributed by atoms with Crippen LogP contribution in [0.5, 0.6) is 11.5 Å². The second kappa shape index (κ2) is 8.74. The zero-order valence-corrected chi connectivity index (χ0v) is 19.2. The maximum absolute atomic E-state index is 13.5. The largest absolute Gasteiger partial charge is 0.494 e. The van der Waals surface area contributed by atoms with Crippen molar-refractivity contribution in [1.29, 1.82) is 0 Å². The molecule has 9 heteroatoms. The van der Waals surface area contributed by atoms with Gasteiger partial charge in [-0.3, -0.25) is 9.69 Å². The molecule has 0 saturated heterocycles. The Balaban J connectivity index is 1.79. The van der Waals surface area contributed by atoms with Gasteiger partial charge in [0.25, 0.3) is 5.91 Å². The molecule has 2 aromatic carbocycles. The van der Waals surface area contributed by atoms with Crippen LogP contribution >= 0.6 is 22.9 Å². The number of thiazole rings is 1. The average Bonchev–Trinajstić information content (AvgIpc) is 3.39. The van der Waals surface area contributed by atoms with Crippen molar-refractivity contribution in [2.45, 2.75) is 0 Å². The fourth-order valence-corrected chi connectivity index (χ4v) is 4.52. The summed E-state index contributed by atoms with van der Waals surface area (Å²) in [6, 6.07) is 10.8. The summed E-state index contributed by atoms with van der Waals surface area (Å²) < 4.78 is 17.5. The molecule has 0 aliphatic heterocycles. The molecular formula is C22H22ClN3O4S. The summed E-state index contributed by atoms with van der Waals surface area (Å²) in [6.45, 7) is 1.08. The summed E-state index contributed by atoms with van der Waals surface area (Å²) in [6.07, 6.45) is 0. The quantitative estimate of drug-likeness (QED) is 0.390. The Hall–Kier alpha value is -2.81. The van der Waals surface area contributed by atoms with Crippen LogP contribution in [0.2, 0.25) is 5.02 Å². The SMILES string of the molecule is COc1ccc(Cl)c2sc(N(CCN(C)C)C(=O)c3cc4cccc(OC)c4o3)nc12. The first kappa shape index (κ1) is 21.4. The van der Waals surface area contributed by atoms with Crippen LogP contribution in [-0.4, -0.2) is 57.2 Å². The Morgan fingerprint density at radius 2 is 1.90 bits per heavy atom. The lowest BCUT2D eigenvalue weighted by atomic mass is 10.2. The summed E-state index contributed by atoms with van der Waals surface area (Å²) in [5.74, 6) is 1.12. The number of rotatable bonds is 7. The van der Waals surface area contributed by atoms with Gasteiger partial charge in [0.1, 0.15) is 11.3 Å². The number of carbonyl (C=O) groups excluding carboxylic acids is 1. The molecule has 2 heterocycles. The summed E-state index contributed by atoms with van der Waals surface area (Å²) in [5, 5.41) is 1.89. The second-order valence-corrected chi connectivity index (χ2v) is 8.56. The van der Waals surface area contributed by atoms with E-state index >= 15 is 0 Å². The van der Waals surface area contributed by atoms with Crippen molar-refractivity contribution in [2.24, 2.45) is 0 Å². The zero-order chi connectivity index (χ0) is 22.1. The van der Waals surface area contributed by atoms with Gasteiger partial charge in [-0.25, -0.2) is 4.98 Å². The van der Waals surface area contributed by atoms with Crippen molar-refractivity contribution in [1.82, 2.24) is 9.88 Å². The highest BCUT2D eigenvalue weighted by Crippen LogP contribution is 2.39. The Morgan fingerprint density at radius 1 is 1.13 bits per heavy atom. The highest BCUT2D eigenvalue weighted by atomic mass is 35.5. The Labute approximate surface area is 188 Å². The van der Waals surface area contributed by atoms with Crippen molar-refractivity contribution < 1.29 is 18.7 Å². The number of anilines is 1. The summed E-state index contributed by atoms with van der Waals surface area (Å²) >= 11 is 7.73. The minimum Gasteiger partial charge on any atom is -0.494 e. The van der Waals surface area contributed by atoms with Gasteiger partial charge in [0, 0.05) is 18.5 Å².